The Hall–Kier alpha value is -2.05. The van der Waals surface area contributed by atoms with Gasteiger partial charge in [-0.1, -0.05) is 17.7 Å². The number of ether oxygens (including phenoxy) is 1. The second kappa shape index (κ2) is 8.55. The third-order valence-electron chi connectivity index (χ3n) is 3.19. The van der Waals surface area contributed by atoms with Crippen LogP contribution in [0.25, 0.3) is 0 Å². The molecule has 0 bridgehead atoms. The Morgan fingerprint density at radius 2 is 2.30 bits per heavy atom. The van der Waals surface area contributed by atoms with Crippen molar-refractivity contribution in [2.45, 2.75) is 19.8 Å². The van der Waals surface area contributed by atoms with Crippen molar-refractivity contribution in [3.05, 3.63) is 69.1 Å². The van der Waals surface area contributed by atoms with Gasteiger partial charge in [-0.05, 0) is 37.5 Å². The van der Waals surface area contributed by atoms with Crippen molar-refractivity contribution in [3.63, 3.8) is 0 Å². The van der Waals surface area contributed by atoms with Gasteiger partial charge in [-0.2, -0.15) is 0 Å². The van der Waals surface area contributed by atoms with Gasteiger partial charge in [0.05, 0.1) is 11.5 Å². The maximum atomic E-state index is 11.1. The molecular weight excluding hydrogens is 318 g/mol. The molecule has 0 aliphatic rings. The molecule has 0 spiro atoms. The largest absolute Gasteiger partial charge is 0.381 e. The normalized spacial score (nSPS) is 10.7. The molecule has 6 nitrogen and oxygen atoms in total. The van der Waals surface area contributed by atoms with Crippen LogP contribution in [-0.2, 0) is 11.2 Å². The van der Waals surface area contributed by atoms with Gasteiger partial charge in [0.2, 0.25) is 5.15 Å². The highest BCUT2D eigenvalue weighted by molar-refractivity contribution is 6.31. The third-order valence-corrected chi connectivity index (χ3v) is 3.45. The van der Waals surface area contributed by atoms with Crippen LogP contribution in [0.1, 0.15) is 23.2 Å². The molecule has 2 heterocycles. The minimum Gasteiger partial charge on any atom is -0.381 e. The average Bonchev–Trinajstić information content (AvgIpc) is 2.50. The molecule has 2 rings (SSSR count). The van der Waals surface area contributed by atoms with E-state index in [1.165, 1.54) is 0 Å². The molecule has 0 unspecified atom stereocenters. The van der Waals surface area contributed by atoms with Gasteiger partial charge in [-0.3, -0.25) is 15.1 Å². The Morgan fingerprint density at radius 3 is 3.00 bits per heavy atom. The van der Waals surface area contributed by atoms with Gasteiger partial charge in [-0.15, -0.1) is 0 Å². The number of nitrogens with zero attached hydrogens (tertiary/aromatic N) is 3. The summed E-state index contributed by atoms with van der Waals surface area (Å²) < 4.78 is 5.51. The molecule has 0 fully saturated rings. The van der Waals surface area contributed by atoms with E-state index in [4.69, 9.17) is 16.3 Å². The van der Waals surface area contributed by atoms with E-state index in [0.717, 1.165) is 18.4 Å². The first-order valence-corrected chi connectivity index (χ1v) is 7.57. The minimum atomic E-state index is -0.525. The van der Waals surface area contributed by atoms with Crippen LogP contribution in [0, 0.1) is 23.5 Å². The van der Waals surface area contributed by atoms with Gasteiger partial charge >= 0.3 is 5.69 Å². The predicted molar refractivity (Wildman–Crippen MR) is 87.4 cm³/mol. The van der Waals surface area contributed by atoms with Gasteiger partial charge in [-0.25, -0.2) is 4.98 Å². The van der Waals surface area contributed by atoms with Crippen LogP contribution in [0.3, 0.4) is 0 Å². The van der Waals surface area contributed by atoms with Gasteiger partial charge in [0, 0.05) is 36.7 Å². The fourth-order valence-electron chi connectivity index (χ4n) is 2.15. The van der Waals surface area contributed by atoms with E-state index in [0.29, 0.717) is 17.9 Å². The average molecular weight is 335 g/mol. The van der Waals surface area contributed by atoms with Crippen LogP contribution in [0.4, 0.5) is 5.69 Å². The Labute approximate surface area is 139 Å². The summed E-state index contributed by atoms with van der Waals surface area (Å²) in [5, 5.41) is 11.0. The zero-order valence-corrected chi connectivity index (χ0v) is 13.5. The lowest BCUT2D eigenvalue weighted by atomic mass is 10.1. The molecule has 0 aliphatic heterocycles. The predicted octanol–water partition coefficient (Wildman–Crippen LogP) is 3.55. The van der Waals surface area contributed by atoms with Gasteiger partial charge in [0.15, 0.2) is 0 Å². The first kappa shape index (κ1) is 17.3. The molecule has 121 valence electrons. The smallest absolute Gasteiger partial charge is 0.310 e. The maximum absolute atomic E-state index is 11.1. The summed E-state index contributed by atoms with van der Waals surface area (Å²) in [6.07, 6.45) is 6.97. The molecule has 0 amide bonds. The molecule has 0 aromatic carbocycles. The van der Waals surface area contributed by atoms with Crippen molar-refractivity contribution in [2.24, 2.45) is 0 Å². The Morgan fingerprint density at radius 1 is 1.48 bits per heavy atom. The zero-order valence-electron chi connectivity index (χ0n) is 12.7. The standard InChI is InChI=1S/C16H17ClN3O3/c1-12-10-14(15(20(21)22)16(17)19-12)6-9-23-8-3-5-13-4-2-7-18-11-13/h2,4,6-7,10-11H,3,5,8-9H2,1H3. The third kappa shape index (κ3) is 5.26. The SMILES string of the molecule is Cc1cc([CH]COCCCc2cccnc2)c([N+](=O)[O-])c(Cl)n1. The number of nitro groups is 1. The van der Waals surface area contributed by atoms with E-state index in [2.05, 4.69) is 9.97 Å². The highest BCUT2D eigenvalue weighted by Crippen LogP contribution is 2.28. The van der Waals surface area contributed by atoms with E-state index < -0.39 is 4.92 Å². The van der Waals surface area contributed by atoms with Crippen molar-refractivity contribution in [2.75, 3.05) is 13.2 Å². The summed E-state index contributed by atoms with van der Waals surface area (Å²) in [6.45, 7) is 2.59. The van der Waals surface area contributed by atoms with Gasteiger partial charge < -0.3 is 4.74 Å². The lowest BCUT2D eigenvalue weighted by Gasteiger charge is -2.07. The Bertz CT molecular complexity index is 665. The molecule has 0 aliphatic carbocycles. The summed E-state index contributed by atoms with van der Waals surface area (Å²) in [5.74, 6) is 0. The lowest BCUT2D eigenvalue weighted by Crippen LogP contribution is -2.04. The molecular formula is C16H17ClN3O3. The molecule has 7 heteroatoms. The van der Waals surface area contributed by atoms with E-state index >= 15 is 0 Å². The summed E-state index contributed by atoms with van der Waals surface area (Å²) in [4.78, 5) is 18.5. The number of hydrogen-bond acceptors (Lipinski definition) is 5. The number of aromatic nitrogens is 2. The number of halogens is 1. The number of aryl methyl sites for hydroxylation is 2. The van der Waals surface area contributed by atoms with Crippen LogP contribution in [0.5, 0.6) is 0 Å². The van der Waals surface area contributed by atoms with Crippen LogP contribution < -0.4 is 0 Å². The van der Waals surface area contributed by atoms with E-state index in [1.807, 2.05) is 18.3 Å². The van der Waals surface area contributed by atoms with E-state index in [-0.39, 0.29) is 17.4 Å². The summed E-state index contributed by atoms with van der Waals surface area (Å²) in [5.41, 5.74) is 2.03. The van der Waals surface area contributed by atoms with Crippen LogP contribution in [0.2, 0.25) is 5.15 Å². The Kier molecular flexibility index (Phi) is 6.43. The summed E-state index contributed by atoms with van der Waals surface area (Å²) >= 11 is 5.84. The molecule has 0 N–H and O–H groups in total. The first-order chi connectivity index (χ1) is 11.1. The monoisotopic (exact) mass is 334 g/mol. The highest BCUT2D eigenvalue weighted by Gasteiger charge is 2.20. The second-order valence-electron chi connectivity index (χ2n) is 4.99. The molecule has 0 atom stereocenters. The molecule has 23 heavy (non-hydrogen) atoms. The summed E-state index contributed by atoms with van der Waals surface area (Å²) in [6, 6.07) is 5.55. The fourth-order valence-corrected chi connectivity index (χ4v) is 2.46. The highest BCUT2D eigenvalue weighted by atomic mass is 35.5. The number of pyridine rings is 2. The van der Waals surface area contributed by atoms with Crippen molar-refractivity contribution in [3.8, 4) is 0 Å². The quantitative estimate of drug-likeness (QED) is 0.319. The second-order valence-corrected chi connectivity index (χ2v) is 5.35. The molecule has 1 radical (unpaired) electrons. The van der Waals surface area contributed by atoms with Crippen molar-refractivity contribution < 1.29 is 9.66 Å². The molecule has 0 saturated heterocycles. The van der Waals surface area contributed by atoms with Crippen LogP contribution in [-0.4, -0.2) is 28.1 Å². The van der Waals surface area contributed by atoms with Crippen molar-refractivity contribution in [1.82, 2.24) is 9.97 Å². The molecule has 2 aromatic rings. The molecule has 0 saturated carbocycles. The van der Waals surface area contributed by atoms with Crippen molar-refractivity contribution >= 4 is 17.3 Å². The number of hydrogen-bond donors (Lipinski definition) is 0. The van der Waals surface area contributed by atoms with E-state index in [9.17, 15) is 10.1 Å². The van der Waals surface area contributed by atoms with Gasteiger partial charge in [0.25, 0.3) is 0 Å². The Balaban J connectivity index is 1.79. The van der Waals surface area contributed by atoms with Crippen molar-refractivity contribution in [1.29, 1.82) is 0 Å². The lowest BCUT2D eigenvalue weighted by molar-refractivity contribution is -0.385. The topological polar surface area (TPSA) is 78.2 Å². The van der Waals surface area contributed by atoms with Crippen LogP contribution >= 0.6 is 11.6 Å². The summed E-state index contributed by atoms with van der Waals surface area (Å²) in [7, 11) is 0. The van der Waals surface area contributed by atoms with Gasteiger partial charge in [0.1, 0.15) is 0 Å². The van der Waals surface area contributed by atoms with Crippen LogP contribution in [0.15, 0.2) is 30.6 Å². The number of rotatable bonds is 8. The first-order valence-electron chi connectivity index (χ1n) is 7.19. The van der Waals surface area contributed by atoms with E-state index in [1.54, 1.807) is 25.6 Å². The minimum absolute atomic E-state index is 0.0992. The fraction of sp³-hybridized carbons (Fsp3) is 0.312. The molecule has 2 aromatic heterocycles. The zero-order chi connectivity index (χ0) is 16.7. The maximum Gasteiger partial charge on any atom is 0.310 e.